The summed E-state index contributed by atoms with van der Waals surface area (Å²) >= 11 is 0. The highest BCUT2D eigenvalue weighted by molar-refractivity contribution is 6.74. The maximum atomic E-state index is 12.9. The Morgan fingerprint density at radius 2 is 1.55 bits per heavy atom. The van der Waals surface area contributed by atoms with E-state index >= 15 is 0 Å². The number of ether oxygens (including phenoxy) is 2. The van der Waals surface area contributed by atoms with Crippen molar-refractivity contribution in [3.05, 3.63) is 11.6 Å². The molecule has 0 unspecified atom stereocenters. The molecule has 6 nitrogen and oxygen atoms in total. The average molecular weight is 457 g/mol. The maximum Gasteiger partial charge on any atom is 0.313 e. The van der Waals surface area contributed by atoms with Crippen LogP contribution >= 0.6 is 0 Å². The van der Waals surface area contributed by atoms with Gasteiger partial charge in [0.25, 0.3) is 0 Å². The normalized spacial score (nSPS) is 15.3. The number of hydrogen-bond donors (Lipinski definition) is 0. The third-order valence-electron chi connectivity index (χ3n) is 5.60. The number of allylic oxidation sites excluding steroid dienone is 1. The molecule has 180 valence electrons. The Bertz CT molecular complexity index is 652. The molecule has 0 spiro atoms. The van der Waals surface area contributed by atoms with E-state index in [-0.39, 0.29) is 35.9 Å². The number of esters is 2. The van der Waals surface area contributed by atoms with Crippen LogP contribution in [0.1, 0.15) is 81.6 Å². The molecule has 0 aromatic rings. The van der Waals surface area contributed by atoms with Crippen molar-refractivity contribution in [3.63, 3.8) is 0 Å². The number of carbonyl (C=O) groups excluding carboxylic acids is 3. The van der Waals surface area contributed by atoms with Crippen LogP contribution in [0.2, 0.25) is 18.1 Å². The van der Waals surface area contributed by atoms with Crippen molar-refractivity contribution in [1.82, 2.24) is 0 Å². The van der Waals surface area contributed by atoms with Crippen molar-refractivity contribution in [3.8, 4) is 0 Å². The molecule has 0 amide bonds. The molecule has 0 aliphatic rings. The van der Waals surface area contributed by atoms with Crippen molar-refractivity contribution in [2.75, 3.05) is 6.61 Å². The van der Waals surface area contributed by atoms with E-state index in [4.69, 9.17) is 13.9 Å². The summed E-state index contributed by atoms with van der Waals surface area (Å²) in [4.78, 5) is 36.0. The topological polar surface area (TPSA) is 78.9 Å². The molecular formula is C24H44O6Si. The van der Waals surface area contributed by atoms with E-state index in [9.17, 15) is 14.4 Å². The number of hydrogen-bond acceptors (Lipinski definition) is 6. The zero-order valence-electron chi connectivity index (χ0n) is 21.5. The molecule has 0 N–H and O–H groups in total. The highest BCUT2D eigenvalue weighted by Crippen LogP contribution is 2.39. The Balaban J connectivity index is 5.35. The summed E-state index contributed by atoms with van der Waals surface area (Å²) < 4.78 is 16.9. The third kappa shape index (κ3) is 12.2. The fourth-order valence-electron chi connectivity index (χ4n) is 2.63. The van der Waals surface area contributed by atoms with Crippen LogP contribution in [-0.4, -0.2) is 44.4 Å². The van der Waals surface area contributed by atoms with Crippen LogP contribution in [0.25, 0.3) is 0 Å². The fraction of sp³-hybridized carbons (Fsp3) is 0.792. The second kappa shape index (κ2) is 12.0. The Labute approximate surface area is 190 Å². The molecule has 0 aliphatic heterocycles. The van der Waals surface area contributed by atoms with Crippen LogP contribution in [0.4, 0.5) is 0 Å². The van der Waals surface area contributed by atoms with Crippen LogP contribution in [-0.2, 0) is 28.3 Å². The van der Waals surface area contributed by atoms with Crippen molar-refractivity contribution in [2.24, 2.45) is 5.92 Å². The minimum Gasteiger partial charge on any atom is -0.462 e. The van der Waals surface area contributed by atoms with E-state index in [0.29, 0.717) is 12.8 Å². The van der Waals surface area contributed by atoms with Crippen LogP contribution in [0.3, 0.4) is 0 Å². The predicted molar refractivity (Wildman–Crippen MR) is 126 cm³/mol. The first-order chi connectivity index (χ1) is 13.9. The maximum absolute atomic E-state index is 12.9. The summed E-state index contributed by atoms with van der Waals surface area (Å²) in [5, 5.41) is -0.000601. The van der Waals surface area contributed by atoms with Crippen LogP contribution in [0, 0.1) is 5.92 Å². The molecule has 0 saturated heterocycles. The average Bonchev–Trinajstić information content (AvgIpc) is 2.54. The van der Waals surface area contributed by atoms with Gasteiger partial charge in [0, 0.05) is 12.8 Å². The molecule has 2 atom stereocenters. The Morgan fingerprint density at radius 1 is 1.00 bits per heavy atom. The molecule has 0 saturated carbocycles. The molecule has 7 heteroatoms. The first kappa shape index (κ1) is 29.5. The van der Waals surface area contributed by atoms with E-state index < -0.39 is 25.8 Å². The number of Topliss-reactive ketones (excluding diaryl/α,β-unsaturated/α-hetero) is 1. The third-order valence-corrected chi connectivity index (χ3v) is 10.1. The molecule has 0 aromatic carbocycles. The van der Waals surface area contributed by atoms with Gasteiger partial charge in [0.05, 0.1) is 6.10 Å². The lowest BCUT2D eigenvalue weighted by Crippen LogP contribution is -2.46. The molecule has 0 radical (unpaired) electrons. The predicted octanol–water partition coefficient (Wildman–Crippen LogP) is 5.60. The Morgan fingerprint density at radius 3 is 2.00 bits per heavy atom. The van der Waals surface area contributed by atoms with Gasteiger partial charge in [-0.05, 0) is 64.7 Å². The van der Waals surface area contributed by atoms with Gasteiger partial charge in [0.15, 0.2) is 8.32 Å². The van der Waals surface area contributed by atoms with E-state index in [1.807, 2.05) is 19.9 Å². The van der Waals surface area contributed by atoms with Gasteiger partial charge in [0.1, 0.15) is 24.4 Å². The molecule has 0 heterocycles. The number of rotatable bonds is 11. The minimum absolute atomic E-state index is 0.000601. The van der Waals surface area contributed by atoms with E-state index in [1.165, 1.54) is 6.92 Å². The molecular weight excluding hydrogens is 412 g/mol. The van der Waals surface area contributed by atoms with Crippen molar-refractivity contribution in [1.29, 1.82) is 0 Å². The van der Waals surface area contributed by atoms with Gasteiger partial charge >= 0.3 is 11.9 Å². The molecule has 0 bridgehead atoms. The van der Waals surface area contributed by atoms with Crippen LogP contribution in [0.15, 0.2) is 11.6 Å². The summed E-state index contributed by atoms with van der Waals surface area (Å²) in [7, 11) is -2.12. The van der Waals surface area contributed by atoms with Gasteiger partial charge in [-0.25, -0.2) is 0 Å². The van der Waals surface area contributed by atoms with Gasteiger partial charge in [-0.2, -0.15) is 0 Å². The standard InChI is InChI=1S/C24H44O6Si/c1-17(14-15-28-19(3)25)12-13-21(30-31(10,11)24(7,8)9)18(2)20(26)16-22(27)29-23(4,5)6/h14,18,21H,12-13,15-16H2,1-11H3/b17-14-/t18-,21-/m0/s1. The molecule has 0 fully saturated rings. The van der Waals surface area contributed by atoms with E-state index in [1.54, 1.807) is 20.8 Å². The summed E-state index contributed by atoms with van der Waals surface area (Å²) in [5.74, 6) is -1.42. The molecule has 0 rings (SSSR count). The van der Waals surface area contributed by atoms with Gasteiger partial charge in [-0.1, -0.05) is 33.3 Å². The summed E-state index contributed by atoms with van der Waals surface area (Å²) in [5.41, 5.74) is 0.443. The smallest absolute Gasteiger partial charge is 0.313 e. The number of ketones is 1. The summed E-state index contributed by atoms with van der Waals surface area (Å²) in [6, 6.07) is 0. The van der Waals surface area contributed by atoms with Gasteiger partial charge < -0.3 is 13.9 Å². The van der Waals surface area contributed by atoms with Crippen molar-refractivity contribution >= 4 is 26.0 Å². The molecule has 0 aliphatic carbocycles. The lowest BCUT2D eigenvalue weighted by atomic mass is 9.93. The summed E-state index contributed by atoms with van der Waals surface area (Å²) in [6.07, 6.45) is 2.68. The molecule has 0 aromatic heterocycles. The monoisotopic (exact) mass is 456 g/mol. The first-order valence-electron chi connectivity index (χ1n) is 11.1. The lowest BCUT2D eigenvalue weighted by molar-refractivity contribution is -0.157. The Hall–Kier alpha value is -1.47. The van der Waals surface area contributed by atoms with Crippen LogP contribution < -0.4 is 0 Å². The van der Waals surface area contributed by atoms with Gasteiger partial charge in [0.2, 0.25) is 0 Å². The second-order valence-corrected chi connectivity index (χ2v) is 15.6. The summed E-state index contributed by atoms with van der Waals surface area (Å²) in [6.45, 7) is 21.6. The van der Waals surface area contributed by atoms with Crippen molar-refractivity contribution < 1.29 is 28.3 Å². The van der Waals surface area contributed by atoms with E-state index in [0.717, 1.165) is 5.57 Å². The number of carbonyl (C=O) groups is 3. The van der Waals surface area contributed by atoms with Crippen molar-refractivity contribution in [2.45, 2.75) is 111 Å². The lowest BCUT2D eigenvalue weighted by Gasteiger charge is -2.40. The SMILES string of the molecule is CC(=O)OC/C=C(/C)CC[C@H](O[Si](C)(C)C(C)(C)C)[C@@H](C)C(=O)CC(=O)OC(C)(C)C. The van der Waals surface area contributed by atoms with Gasteiger partial charge in [-0.15, -0.1) is 0 Å². The largest absolute Gasteiger partial charge is 0.462 e. The minimum atomic E-state index is -2.12. The zero-order chi connectivity index (χ0) is 24.6. The highest BCUT2D eigenvalue weighted by Gasteiger charge is 2.41. The first-order valence-corrected chi connectivity index (χ1v) is 14.0. The van der Waals surface area contributed by atoms with Gasteiger partial charge in [-0.3, -0.25) is 14.4 Å². The zero-order valence-corrected chi connectivity index (χ0v) is 22.5. The quantitative estimate of drug-likeness (QED) is 0.174. The Kier molecular flexibility index (Phi) is 11.4. The highest BCUT2D eigenvalue weighted by atomic mass is 28.4. The van der Waals surface area contributed by atoms with Crippen LogP contribution in [0.5, 0.6) is 0 Å². The van der Waals surface area contributed by atoms with E-state index in [2.05, 4.69) is 33.9 Å². The fourth-order valence-corrected chi connectivity index (χ4v) is 4.06. The second-order valence-electron chi connectivity index (χ2n) is 10.8. The molecule has 31 heavy (non-hydrogen) atoms.